The summed E-state index contributed by atoms with van der Waals surface area (Å²) in [6.07, 6.45) is 0.996. The molecule has 8 nitrogen and oxygen atoms in total. The van der Waals surface area contributed by atoms with E-state index in [0.717, 1.165) is 29.0 Å². The Bertz CT molecular complexity index is 1470. The Hall–Kier alpha value is -3.37. The Morgan fingerprint density at radius 3 is 2.39 bits per heavy atom. The Labute approximate surface area is 224 Å². The highest BCUT2D eigenvalue weighted by Crippen LogP contribution is 2.31. The molecule has 3 aromatic rings. The molecule has 0 unspecified atom stereocenters. The van der Waals surface area contributed by atoms with Gasteiger partial charge >= 0.3 is 0 Å². The Morgan fingerprint density at radius 2 is 1.79 bits per heavy atom. The Balaban J connectivity index is 1.38. The number of rotatable bonds is 7. The van der Waals surface area contributed by atoms with Crippen molar-refractivity contribution in [2.75, 3.05) is 44.8 Å². The normalized spacial score (nSPS) is 14.8. The molecule has 0 amide bonds. The van der Waals surface area contributed by atoms with Gasteiger partial charge < -0.3 is 11.1 Å². The SMILES string of the molecule is CN(C)CC#Cc1ccc(S(=O)(=O)N2CCC(Nc3nc(N)c(C(=O)c4c(F)cccc4F)s3)CC2)cc1. The molecule has 12 heteroatoms. The van der Waals surface area contributed by atoms with Crippen molar-refractivity contribution in [3.05, 3.63) is 70.1 Å². The number of nitrogens with two attached hydrogens (primary N) is 1. The number of ketones is 1. The Kier molecular flexibility index (Phi) is 8.42. The van der Waals surface area contributed by atoms with E-state index in [1.165, 1.54) is 10.4 Å². The molecule has 0 saturated carbocycles. The van der Waals surface area contributed by atoms with Gasteiger partial charge in [-0.2, -0.15) is 4.31 Å². The molecule has 0 radical (unpaired) electrons. The van der Waals surface area contributed by atoms with Gasteiger partial charge in [0, 0.05) is 24.7 Å². The van der Waals surface area contributed by atoms with Crippen molar-refractivity contribution in [3.8, 4) is 11.8 Å². The Morgan fingerprint density at radius 1 is 1.16 bits per heavy atom. The number of nitrogen functional groups attached to an aromatic ring is 1. The maximum absolute atomic E-state index is 14.1. The first kappa shape index (κ1) is 27.7. The van der Waals surface area contributed by atoms with Gasteiger partial charge in [0.1, 0.15) is 22.3 Å². The molecule has 38 heavy (non-hydrogen) atoms. The van der Waals surface area contributed by atoms with Crippen LogP contribution in [0.15, 0.2) is 47.4 Å². The predicted molar refractivity (Wildman–Crippen MR) is 144 cm³/mol. The highest BCUT2D eigenvalue weighted by atomic mass is 32.2. The third kappa shape index (κ3) is 6.19. The number of thiazole rings is 1. The first-order valence-electron chi connectivity index (χ1n) is 11.8. The molecule has 2 heterocycles. The maximum atomic E-state index is 14.1. The number of sulfonamides is 1. The van der Waals surface area contributed by atoms with Crippen LogP contribution < -0.4 is 11.1 Å². The number of nitrogens with one attached hydrogen (secondary N) is 1. The van der Waals surface area contributed by atoms with E-state index in [1.54, 1.807) is 24.3 Å². The number of piperidine rings is 1. The maximum Gasteiger partial charge on any atom is 0.243 e. The average molecular weight is 560 g/mol. The first-order valence-corrected chi connectivity index (χ1v) is 14.1. The molecule has 0 aliphatic carbocycles. The molecule has 0 spiro atoms. The number of halogens is 2. The van der Waals surface area contributed by atoms with E-state index < -0.39 is 33.0 Å². The topological polar surface area (TPSA) is 109 Å². The summed E-state index contributed by atoms with van der Waals surface area (Å²) >= 11 is 0.909. The quantitative estimate of drug-likeness (QED) is 0.337. The van der Waals surface area contributed by atoms with Crippen LogP contribution in [0.5, 0.6) is 0 Å². The van der Waals surface area contributed by atoms with E-state index in [-0.39, 0.29) is 34.7 Å². The van der Waals surface area contributed by atoms with Crippen molar-refractivity contribution in [2.24, 2.45) is 0 Å². The molecule has 3 N–H and O–H groups in total. The monoisotopic (exact) mass is 559 g/mol. The van der Waals surface area contributed by atoms with Gasteiger partial charge in [-0.1, -0.05) is 29.2 Å². The summed E-state index contributed by atoms with van der Waals surface area (Å²) in [5, 5.41) is 3.50. The third-order valence-corrected chi connectivity index (χ3v) is 8.87. The molecular weight excluding hydrogens is 532 g/mol. The van der Waals surface area contributed by atoms with E-state index in [1.807, 2.05) is 19.0 Å². The van der Waals surface area contributed by atoms with Crippen molar-refractivity contribution >= 4 is 38.1 Å². The number of carbonyl (C=O) groups is 1. The van der Waals surface area contributed by atoms with Crippen LogP contribution in [0.3, 0.4) is 0 Å². The van der Waals surface area contributed by atoms with Crippen LogP contribution in [-0.4, -0.2) is 68.2 Å². The number of hydrogen-bond donors (Lipinski definition) is 2. The minimum Gasteiger partial charge on any atom is -0.382 e. The number of carbonyl (C=O) groups excluding carboxylic acids is 1. The molecule has 0 bridgehead atoms. The first-order chi connectivity index (χ1) is 18.1. The number of anilines is 2. The molecule has 200 valence electrons. The summed E-state index contributed by atoms with van der Waals surface area (Å²) in [5.41, 5.74) is 5.94. The lowest BCUT2D eigenvalue weighted by molar-refractivity contribution is 0.103. The lowest BCUT2D eigenvalue weighted by Crippen LogP contribution is -2.42. The van der Waals surface area contributed by atoms with Crippen LogP contribution in [0.1, 0.15) is 33.6 Å². The zero-order valence-corrected chi connectivity index (χ0v) is 22.5. The number of hydrogen-bond acceptors (Lipinski definition) is 8. The molecule has 4 rings (SSSR count). The van der Waals surface area contributed by atoms with Gasteiger partial charge in [-0.05, 0) is 63.3 Å². The van der Waals surface area contributed by atoms with Crippen molar-refractivity contribution in [1.29, 1.82) is 0 Å². The summed E-state index contributed by atoms with van der Waals surface area (Å²) in [6, 6.07) is 9.59. The van der Waals surface area contributed by atoms with Crippen LogP contribution in [0.2, 0.25) is 0 Å². The van der Waals surface area contributed by atoms with Crippen LogP contribution in [-0.2, 0) is 10.0 Å². The van der Waals surface area contributed by atoms with Crippen molar-refractivity contribution < 1.29 is 22.0 Å². The van der Waals surface area contributed by atoms with Crippen LogP contribution in [0, 0.1) is 23.5 Å². The highest BCUT2D eigenvalue weighted by molar-refractivity contribution is 7.89. The van der Waals surface area contributed by atoms with Crippen molar-refractivity contribution in [2.45, 2.75) is 23.8 Å². The molecule has 0 atom stereocenters. The summed E-state index contributed by atoms with van der Waals surface area (Å²) in [4.78, 5) is 18.9. The van der Waals surface area contributed by atoms with E-state index >= 15 is 0 Å². The molecule has 1 aliphatic rings. The minimum absolute atomic E-state index is 0.0636. The number of nitrogens with zero attached hydrogens (tertiary/aromatic N) is 3. The zero-order valence-electron chi connectivity index (χ0n) is 20.9. The van der Waals surface area contributed by atoms with Crippen molar-refractivity contribution in [1.82, 2.24) is 14.2 Å². The summed E-state index contributed by atoms with van der Waals surface area (Å²) in [5.74, 6) is 3.08. The fraction of sp³-hybridized carbons (Fsp3) is 0.308. The van der Waals surface area contributed by atoms with Gasteiger partial charge in [0.15, 0.2) is 5.13 Å². The lowest BCUT2D eigenvalue weighted by atomic mass is 10.1. The standard InChI is InChI=1S/C26H27F2N5O3S2/c1-32(2)14-4-5-17-8-10-19(11-9-17)38(35,36)33-15-12-18(13-16-33)30-26-31-25(29)24(37-26)23(34)22-20(27)6-3-7-21(22)28/h3,6-11,18H,12-16,29H2,1-2H3,(H,30,31). The fourth-order valence-corrected chi connectivity index (χ4v) is 6.34. The predicted octanol–water partition coefficient (Wildman–Crippen LogP) is 3.41. The molecule has 1 saturated heterocycles. The van der Waals surface area contributed by atoms with Gasteiger partial charge in [0.05, 0.1) is 17.0 Å². The molecule has 1 aromatic heterocycles. The summed E-state index contributed by atoms with van der Waals surface area (Å²) in [7, 11) is 0.180. The van der Waals surface area contributed by atoms with Gasteiger partial charge in [0.25, 0.3) is 0 Å². The third-order valence-electron chi connectivity index (χ3n) is 5.95. The number of benzene rings is 2. The molecule has 1 fully saturated rings. The van der Waals surface area contributed by atoms with Crippen LogP contribution in [0.25, 0.3) is 0 Å². The second kappa shape index (κ2) is 11.6. The fourth-order valence-electron chi connectivity index (χ4n) is 3.96. The smallest absolute Gasteiger partial charge is 0.243 e. The molecular formula is C26H27F2N5O3S2. The van der Waals surface area contributed by atoms with Crippen molar-refractivity contribution in [3.63, 3.8) is 0 Å². The largest absolute Gasteiger partial charge is 0.382 e. The van der Waals surface area contributed by atoms with E-state index in [4.69, 9.17) is 5.73 Å². The van der Waals surface area contributed by atoms with Gasteiger partial charge in [-0.15, -0.1) is 0 Å². The average Bonchev–Trinajstić information content (AvgIpc) is 3.24. The van der Waals surface area contributed by atoms with E-state index in [2.05, 4.69) is 22.1 Å². The molecule has 2 aromatic carbocycles. The van der Waals surface area contributed by atoms with Crippen LogP contribution in [0.4, 0.5) is 19.7 Å². The van der Waals surface area contributed by atoms with E-state index in [9.17, 15) is 22.0 Å². The van der Waals surface area contributed by atoms with Gasteiger partial charge in [0.2, 0.25) is 15.8 Å². The van der Waals surface area contributed by atoms with E-state index in [0.29, 0.717) is 24.5 Å². The van der Waals surface area contributed by atoms with Crippen LogP contribution >= 0.6 is 11.3 Å². The lowest BCUT2D eigenvalue weighted by Gasteiger charge is -2.31. The summed E-state index contributed by atoms with van der Waals surface area (Å²) in [6.45, 7) is 1.19. The minimum atomic E-state index is -3.66. The number of aromatic nitrogens is 1. The zero-order chi connectivity index (χ0) is 27.4. The summed E-state index contributed by atoms with van der Waals surface area (Å²) < 4.78 is 55.8. The van der Waals surface area contributed by atoms with Gasteiger partial charge in [-0.3, -0.25) is 9.69 Å². The molecule has 1 aliphatic heterocycles. The highest BCUT2D eigenvalue weighted by Gasteiger charge is 2.30. The van der Waals surface area contributed by atoms with Gasteiger partial charge in [-0.25, -0.2) is 22.2 Å². The second-order valence-corrected chi connectivity index (χ2v) is 12.0. The second-order valence-electron chi connectivity index (χ2n) is 9.05.